The summed E-state index contributed by atoms with van der Waals surface area (Å²) in [7, 11) is 0. The Kier molecular flexibility index (Phi) is 4.16. The Morgan fingerprint density at radius 1 is 1.00 bits per heavy atom. The Morgan fingerprint density at radius 2 is 1.71 bits per heavy atom. The maximum absolute atomic E-state index is 12.7. The summed E-state index contributed by atoms with van der Waals surface area (Å²) >= 11 is 0. The van der Waals surface area contributed by atoms with Gasteiger partial charge in [0.2, 0.25) is 0 Å². The average Bonchev–Trinajstić information content (AvgIpc) is 2.69. The number of hydrogen-bond acceptors (Lipinski definition) is 2. The minimum atomic E-state index is 0.0655. The molecule has 2 aromatic carbocycles. The van der Waals surface area contributed by atoms with Gasteiger partial charge in [-0.1, -0.05) is 48.5 Å². The van der Waals surface area contributed by atoms with Crippen LogP contribution in [-0.2, 0) is 19.4 Å². The lowest BCUT2D eigenvalue weighted by Gasteiger charge is -2.14. The summed E-state index contributed by atoms with van der Waals surface area (Å²) in [5, 5.41) is 9.08. The van der Waals surface area contributed by atoms with Gasteiger partial charge in [-0.3, -0.25) is 4.79 Å². The monoisotopic (exact) mass is 280 g/mol. The number of aliphatic hydroxyl groups is 1. The molecule has 0 saturated heterocycles. The van der Waals surface area contributed by atoms with Crippen LogP contribution in [-0.4, -0.2) is 10.9 Å². The predicted octanol–water partition coefficient (Wildman–Crippen LogP) is 3.56. The van der Waals surface area contributed by atoms with Gasteiger partial charge in [0.05, 0.1) is 6.61 Å². The number of Topliss-reactive ketones (excluding diaryl/α,β-unsaturated/α-hetero) is 1. The van der Waals surface area contributed by atoms with Crippen molar-refractivity contribution in [2.75, 3.05) is 0 Å². The molecule has 0 spiro atoms. The molecular weight excluding hydrogens is 260 g/mol. The number of ketones is 1. The summed E-state index contributed by atoms with van der Waals surface area (Å²) in [6.45, 7) is 0.0655. The zero-order valence-corrected chi connectivity index (χ0v) is 12.1. The molecule has 2 heteroatoms. The van der Waals surface area contributed by atoms with E-state index >= 15 is 0 Å². The minimum Gasteiger partial charge on any atom is -0.392 e. The Hall–Kier alpha value is -1.93. The van der Waals surface area contributed by atoms with Gasteiger partial charge in [0.15, 0.2) is 5.78 Å². The third-order valence-electron chi connectivity index (χ3n) is 4.34. The molecule has 1 unspecified atom stereocenters. The summed E-state index contributed by atoms with van der Waals surface area (Å²) in [5.74, 6) is 0.364. The van der Waals surface area contributed by atoms with Crippen molar-refractivity contribution >= 4 is 5.78 Å². The molecule has 0 saturated carbocycles. The number of carbonyl (C=O) groups excluding carboxylic acids is 1. The first-order chi connectivity index (χ1) is 10.3. The first-order valence-corrected chi connectivity index (χ1v) is 7.58. The van der Waals surface area contributed by atoms with Gasteiger partial charge in [0, 0.05) is 11.5 Å². The second-order valence-electron chi connectivity index (χ2n) is 5.79. The van der Waals surface area contributed by atoms with Gasteiger partial charge in [0.1, 0.15) is 0 Å². The van der Waals surface area contributed by atoms with Gasteiger partial charge in [0.25, 0.3) is 0 Å². The second-order valence-corrected chi connectivity index (χ2v) is 5.79. The maximum atomic E-state index is 12.7. The molecular formula is C19H20O2. The van der Waals surface area contributed by atoms with Crippen LogP contribution in [0.15, 0.2) is 48.5 Å². The van der Waals surface area contributed by atoms with Crippen LogP contribution in [0.1, 0.15) is 39.9 Å². The average molecular weight is 280 g/mol. The fraction of sp³-hybridized carbons (Fsp3) is 0.316. The Labute approximate surface area is 125 Å². The fourth-order valence-electron chi connectivity index (χ4n) is 3.13. The lowest BCUT2D eigenvalue weighted by Crippen LogP contribution is -2.16. The van der Waals surface area contributed by atoms with Crippen molar-refractivity contribution in [3.05, 3.63) is 70.8 Å². The zero-order valence-electron chi connectivity index (χ0n) is 12.1. The highest BCUT2D eigenvalue weighted by Crippen LogP contribution is 2.27. The van der Waals surface area contributed by atoms with Crippen molar-refractivity contribution in [3.63, 3.8) is 0 Å². The minimum absolute atomic E-state index is 0.0655. The molecule has 1 aliphatic carbocycles. The largest absolute Gasteiger partial charge is 0.392 e. The molecule has 3 rings (SSSR count). The summed E-state index contributed by atoms with van der Waals surface area (Å²) < 4.78 is 0. The summed E-state index contributed by atoms with van der Waals surface area (Å²) in [6, 6.07) is 15.9. The van der Waals surface area contributed by atoms with E-state index in [0.717, 1.165) is 36.8 Å². The summed E-state index contributed by atoms with van der Waals surface area (Å²) in [6.07, 6.45) is 3.82. The van der Waals surface area contributed by atoms with Gasteiger partial charge in [-0.15, -0.1) is 0 Å². The third-order valence-corrected chi connectivity index (χ3v) is 4.34. The highest BCUT2D eigenvalue weighted by atomic mass is 16.3. The number of fused-ring (bicyclic) bond motifs is 1. The summed E-state index contributed by atoms with van der Waals surface area (Å²) in [5.41, 5.74) is 4.19. The normalized spacial score (nSPS) is 18.1. The molecule has 0 amide bonds. The lowest BCUT2D eigenvalue weighted by atomic mass is 9.89. The van der Waals surface area contributed by atoms with Crippen LogP contribution in [0.2, 0.25) is 0 Å². The van der Waals surface area contributed by atoms with E-state index in [1.807, 2.05) is 42.5 Å². The van der Waals surface area contributed by atoms with E-state index < -0.39 is 0 Å². The van der Waals surface area contributed by atoms with E-state index in [1.165, 1.54) is 11.1 Å². The molecule has 0 aliphatic heterocycles. The number of hydrogen-bond donors (Lipinski definition) is 1. The number of rotatable bonds is 3. The topological polar surface area (TPSA) is 37.3 Å². The van der Waals surface area contributed by atoms with Crippen LogP contribution in [0.25, 0.3) is 0 Å². The highest BCUT2D eigenvalue weighted by molar-refractivity contribution is 5.99. The van der Waals surface area contributed by atoms with Gasteiger partial charge >= 0.3 is 0 Å². The number of aryl methyl sites for hydroxylation is 1. The van der Waals surface area contributed by atoms with E-state index in [-0.39, 0.29) is 18.3 Å². The molecule has 0 fully saturated rings. The van der Waals surface area contributed by atoms with Crippen molar-refractivity contribution in [1.29, 1.82) is 0 Å². The molecule has 0 radical (unpaired) electrons. The molecule has 0 aromatic heterocycles. The smallest absolute Gasteiger partial charge is 0.166 e. The van der Waals surface area contributed by atoms with Crippen molar-refractivity contribution < 1.29 is 9.90 Å². The van der Waals surface area contributed by atoms with Crippen LogP contribution >= 0.6 is 0 Å². The van der Waals surface area contributed by atoms with Crippen molar-refractivity contribution in [3.8, 4) is 0 Å². The first-order valence-electron chi connectivity index (χ1n) is 7.58. The SMILES string of the molecule is O=C1c2ccccc2CCCC1Cc1ccc(CO)cc1. The number of carbonyl (C=O) groups is 1. The molecule has 108 valence electrons. The van der Waals surface area contributed by atoms with Crippen LogP contribution in [0.3, 0.4) is 0 Å². The Bertz CT molecular complexity index is 628. The van der Waals surface area contributed by atoms with Crippen LogP contribution in [0.4, 0.5) is 0 Å². The van der Waals surface area contributed by atoms with Crippen molar-refractivity contribution in [2.45, 2.75) is 32.3 Å². The third kappa shape index (κ3) is 3.06. The van der Waals surface area contributed by atoms with Crippen molar-refractivity contribution in [2.24, 2.45) is 5.92 Å². The van der Waals surface area contributed by atoms with Crippen molar-refractivity contribution in [1.82, 2.24) is 0 Å². The Morgan fingerprint density at radius 3 is 2.48 bits per heavy atom. The summed E-state index contributed by atoms with van der Waals surface area (Å²) in [4.78, 5) is 12.7. The molecule has 1 atom stereocenters. The maximum Gasteiger partial charge on any atom is 0.166 e. The van der Waals surface area contributed by atoms with E-state index in [1.54, 1.807) is 0 Å². The van der Waals surface area contributed by atoms with Crippen LogP contribution in [0, 0.1) is 5.92 Å². The first kappa shape index (κ1) is 14.0. The van der Waals surface area contributed by atoms with E-state index in [9.17, 15) is 4.79 Å². The zero-order chi connectivity index (χ0) is 14.7. The molecule has 1 aliphatic rings. The highest BCUT2D eigenvalue weighted by Gasteiger charge is 2.25. The molecule has 21 heavy (non-hydrogen) atoms. The van der Waals surface area contributed by atoms with Crippen LogP contribution in [0.5, 0.6) is 0 Å². The second kappa shape index (κ2) is 6.23. The van der Waals surface area contributed by atoms with Gasteiger partial charge in [-0.2, -0.15) is 0 Å². The molecule has 2 aromatic rings. The molecule has 0 bridgehead atoms. The van der Waals surface area contributed by atoms with Gasteiger partial charge in [-0.25, -0.2) is 0 Å². The predicted molar refractivity (Wildman–Crippen MR) is 83.3 cm³/mol. The van der Waals surface area contributed by atoms with Gasteiger partial charge in [-0.05, 0) is 42.4 Å². The van der Waals surface area contributed by atoms with E-state index in [0.29, 0.717) is 0 Å². The van der Waals surface area contributed by atoms with Crippen LogP contribution < -0.4 is 0 Å². The molecule has 0 heterocycles. The van der Waals surface area contributed by atoms with E-state index in [4.69, 9.17) is 5.11 Å². The molecule has 2 nitrogen and oxygen atoms in total. The lowest BCUT2D eigenvalue weighted by molar-refractivity contribution is 0.0915. The quantitative estimate of drug-likeness (QED) is 0.873. The standard InChI is InChI=1S/C19H20O2/c20-13-15-10-8-14(9-11-15)12-17-6-3-5-16-4-1-2-7-18(16)19(17)21/h1-2,4,7-11,17,20H,3,5-6,12-13H2. The van der Waals surface area contributed by atoms with Gasteiger partial charge < -0.3 is 5.11 Å². The van der Waals surface area contributed by atoms with E-state index in [2.05, 4.69) is 6.07 Å². The number of aliphatic hydroxyl groups excluding tert-OH is 1. The molecule has 1 N–H and O–H groups in total. The number of benzene rings is 2. The fourth-order valence-corrected chi connectivity index (χ4v) is 3.13. The Balaban J connectivity index is 1.80.